The predicted molar refractivity (Wildman–Crippen MR) is 117 cm³/mol. The summed E-state index contributed by atoms with van der Waals surface area (Å²) >= 11 is 1.03. The molecule has 0 radical (unpaired) electrons. The number of sulfonamides is 1. The number of hydrogen-bond donors (Lipinski definition) is 0. The van der Waals surface area contributed by atoms with Gasteiger partial charge < -0.3 is 4.90 Å². The van der Waals surface area contributed by atoms with E-state index in [0.717, 1.165) is 16.9 Å². The molecule has 7 nitrogen and oxygen atoms in total. The van der Waals surface area contributed by atoms with Crippen molar-refractivity contribution in [2.75, 3.05) is 26.2 Å². The van der Waals surface area contributed by atoms with Crippen LogP contribution in [0.4, 0.5) is 4.39 Å². The lowest BCUT2D eigenvalue weighted by Crippen LogP contribution is -2.50. The molecule has 1 fully saturated rings. The second-order valence-corrected chi connectivity index (χ2v) is 10.3. The van der Waals surface area contributed by atoms with Crippen molar-refractivity contribution < 1.29 is 17.6 Å². The van der Waals surface area contributed by atoms with Gasteiger partial charge in [0.15, 0.2) is 0 Å². The molecule has 3 aromatic rings. The minimum Gasteiger partial charge on any atom is -0.340 e. The summed E-state index contributed by atoms with van der Waals surface area (Å²) in [6.07, 6.45) is 0.0779. The molecule has 0 spiro atoms. The number of thiazole rings is 1. The number of aryl methyl sites for hydroxylation is 1. The van der Waals surface area contributed by atoms with Gasteiger partial charge in [-0.15, -0.1) is 0 Å². The lowest BCUT2D eigenvalue weighted by molar-refractivity contribution is -0.131. The van der Waals surface area contributed by atoms with Crippen molar-refractivity contribution >= 4 is 37.5 Å². The highest BCUT2D eigenvalue weighted by Crippen LogP contribution is 2.25. The highest BCUT2D eigenvalue weighted by molar-refractivity contribution is 7.89. The summed E-state index contributed by atoms with van der Waals surface area (Å²) in [5.74, 6) is -0.549. The summed E-state index contributed by atoms with van der Waals surface area (Å²) in [5.41, 5.74) is 1.32. The van der Waals surface area contributed by atoms with Crippen molar-refractivity contribution in [1.82, 2.24) is 13.8 Å². The first-order valence-electron chi connectivity index (χ1n) is 9.95. The lowest BCUT2D eigenvalue weighted by Gasteiger charge is -2.34. The van der Waals surface area contributed by atoms with Crippen molar-refractivity contribution in [2.45, 2.75) is 24.8 Å². The molecular formula is C21H22FN3O4S2. The molecule has 1 aliphatic heterocycles. The van der Waals surface area contributed by atoms with Crippen molar-refractivity contribution in [1.29, 1.82) is 0 Å². The van der Waals surface area contributed by atoms with Crippen LogP contribution < -0.4 is 4.87 Å². The van der Waals surface area contributed by atoms with E-state index in [1.165, 1.54) is 22.5 Å². The van der Waals surface area contributed by atoms with Crippen LogP contribution in [0.3, 0.4) is 0 Å². The van der Waals surface area contributed by atoms with Gasteiger partial charge in [-0.1, -0.05) is 23.5 Å². The molecule has 1 aliphatic rings. The predicted octanol–water partition coefficient (Wildman–Crippen LogP) is 2.30. The zero-order valence-electron chi connectivity index (χ0n) is 17.0. The molecule has 0 aliphatic carbocycles. The number of piperazine rings is 1. The molecule has 31 heavy (non-hydrogen) atoms. The standard InChI is InChI=1S/C21H22FN3O4S2/c1-2-25-18-7-6-17(14-19(18)30-21(25)27)31(28,29)24-10-8-23(9-11-24)20(26)13-15-4-3-5-16(22)12-15/h3-7,12,14H,2,8-11,13H2,1H3. The van der Waals surface area contributed by atoms with Crippen LogP contribution in [-0.4, -0.2) is 54.3 Å². The Bertz CT molecular complexity index is 1290. The molecule has 4 rings (SSSR count). The van der Waals surface area contributed by atoms with Gasteiger partial charge in [0, 0.05) is 32.7 Å². The van der Waals surface area contributed by atoms with E-state index >= 15 is 0 Å². The first kappa shape index (κ1) is 21.7. The summed E-state index contributed by atoms with van der Waals surface area (Å²) in [7, 11) is -3.74. The molecular weight excluding hydrogens is 441 g/mol. The van der Waals surface area contributed by atoms with E-state index in [9.17, 15) is 22.4 Å². The van der Waals surface area contributed by atoms with E-state index in [-0.39, 0.29) is 48.3 Å². The number of hydrogen-bond acceptors (Lipinski definition) is 5. The van der Waals surface area contributed by atoms with E-state index in [1.54, 1.807) is 33.7 Å². The molecule has 0 saturated carbocycles. The number of carbonyl (C=O) groups is 1. The van der Waals surface area contributed by atoms with Gasteiger partial charge in [0.1, 0.15) is 5.82 Å². The number of carbonyl (C=O) groups excluding carboxylic acids is 1. The normalized spacial score (nSPS) is 15.5. The van der Waals surface area contributed by atoms with Gasteiger partial charge in [0.2, 0.25) is 15.9 Å². The monoisotopic (exact) mass is 463 g/mol. The molecule has 0 N–H and O–H groups in total. The van der Waals surface area contributed by atoms with Crippen LogP contribution in [0.1, 0.15) is 12.5 Å². The molecule has 2 heterocycles. The maximum Gasteiger partial charge on any atom is 0.308 e. The van der Waals surface area contributed by atoms with E-state index in [4.69, 9.17) is 0 Å². The quantitative estimate of drug-likeness (QED) is 0.582. The van der Waals surface area contributed by atoms with Crippen molar-refractivity contribution in [2.24, 2.45) is 0 Å². The Hall–Kier alpha value is -2.56. The topological polar surface area (TPSA) is 79.7 Å². The third kappa shape index (κ3) is 4.28. The zero-order valence-corrected chi connectivity index (χ0v) is 18.6. The SMILES string of the molecule is CCn1c(=O)sc2cc(S(=O)(=O)N3CCN(C(=O)Cc4cccc(F)c4)CC3)ccc21. The first-order valence-corrected chi connectivity index (χ1v) is 12.2. The Morgan fingerprint density at radius 3 is 2.52 bits per heavy atom. The van der Waals surface area contributed by atoms with E-state index in [1.807, 2.05) is 6.92 Å². The summed E-state index contributed by atoms with van der Waals surface area (Å²) in [6, 6.07) is 10.6. The highest BCUT2D eigenvalue weighted by Gasteiger charge is 2.30. The molecule has 0 unspecified atom stereocenters. The van der Waals surface area contributed by atoms with E-state index in [2.05, 4.69) is 0 Å². The molecule has 0 bridgehead atoms. The van der Waals surface area contributed by atoms with Gasteiger partial charge >= 0.3 is 4.87 Å². The summed E-state index contributed by atoms with van der Waals surface area (Å²) in [6.45, 7) is 3.30. The average molecular weight is 464 g/mol. The second kappa shape index (κ2) is 8.52. The fourth-order valence-electron chi connectivity index (χ4n) is 3.77. The number of fused-ring (bicyclic) bond motifs is 1. The van der Waals surface area contributed by atoms with Crippen LogP contribution in [-0.2, 0) is 27.8 Å². The zero-order chi connectivity index (χ0) is 22.2. The largest absolute Gasteiger partial charge is 0.340 e. The van der Waals surface area contributed by atoms with Crippen LogP contribution in [0, 0.1) is 5.82 Å². The number of amides is 1. The fourth-order valence-corrected chi connectivity index (χ4v) is 6.28. The highest BCUT2D eigenvalue weighted by atomic mass is 32.2. The Kier molecular flexibility index (Phi) is 5.96. The van der Waals surface area contributed by atoms with Gasteiger partial charge in [-0.25, -0.2) is 12.8 Å². The summed E-state index contributed by atoms with van der Waals surface area (Å²) in [5, 5.41) is 0. The Labute approximate surface area is 183 Å². The van der Waals surface area contributed by atoms with Crippen molar-refractivity contribution in [3.05, 3.63) is 63.5 Å². The Morgan fingerprint density at radius 1 is 1.10 bits per heavy atom. The molecule has 10 heteroatoms. The lowest BCUT2D eigenvalue weighted by atomic mass is 10.1. The van der Waals surface area contributed by atoms with Gasteiger partial charge in [-0.05, 0) is 42.8 Å². The number of benzene rings is 2. The first-order chi connectivity index (χ1) is 14.8. The maximum absolute atomic E-state index is 13.3. The van der Waals surface area contributed by atoms with Crippen LogP contribution in [0.25, 0.3) is 10.2 Å². The molecule has 0 atom stereocenters. The van der Waals surface area contributed by atoms with E-state index in [0.29, 0.717) is 16.8 Å². The smallest absolute Gasteiger partial charge is 0.308 e. The number of rotatable bonds is 5. The minimum atomic E-state index is -3.74. The molecule has 1 aromatic heterocycles. The Balaban J connectivity index is 1.46. The van der Waals surface area contributed by atoms with Gasteiger partial charge in [-0.2, -0.15) is 4.31 Å². The Morgan fingerprint density at radius 2 is 1.84 bits per heavy atom. The molecule has 1 saturated heterocycles. The molecule has 164 valence electrons. The van der Waals surface area contributed by atoms with Crippen molar-refractivity contribution in [3.8, 4) is 0 Å². The van der Waals surface area contributed by atoms with Crippen LogP contribution >= 0.6 is 11.3 Å². The number of halogens is 1. The minimum absolute atomic E-state index is 0.0779. The average Bonchev–Trinajstić information content (AvgIpc) is 3.07. The third-order valence-corrected chi connectivity index (χ3v) is 8.27. The number of aromatic nitrogens is 1. The summed E-state index contributed by atoms with van der Waals surface area (Å²) < 4.78 is 43.1. The second-order valence-electron chi connectivity index (χ2n) is 7.33. The van der Waals surface area contributed by atoms with Gasteiger partial charge in [-0.3, -0.25) is 14.2 Å². The van der Waals surface area contributed by atoms with Crippen LogP contribution in [0.2, 0.25) is 0 Å². The fraction of sp³-hybridized carbons (Fsp3) is 0.333. The summed E-state index contributed by atoms with van der Waals surface area (Å²) in [4.78, 5) is 26.2. The number of nitrogens with zero attached hydrogens (tertiary/aromatic N) is 3. The van der Waals surface area contributed by atoms with E-state index < -0.39 is 15.8 Å². The van der Waals surface area contributed by atoms with Crippen LogP contribution in [0.15, 0.2) is 52.2 Å². The van der Waals surface area contributed by atoms with Gasteiger partial charge in [0.25, 0.3) is 0 Å². The van der Waals surface area contributed by atoms with Gasteiger partial charge in [0.05, 0.1) is 21.5 Å². The third-order valence-electron chi connectivity index (χ3n) is 5.43. The molecule has 1 amide bonds. The van der Waals surface area contributed by atoms with Crippen molar-refractivity contribution in [3.63, 3.8) is 0 Å². The maximum atomic E-state index is 13.3. The molecule has 2 aromatic carbocycles. The van der Waals surface area contributed by atoms with Crippen LogP contribution in [0.5, 0.6) is 0 Å².